The highest BCUT2D eigenvalue weighted by molar-refractivity contribution is 7.88. The molecule has 1 aliphatic rings. The molecule has 0 aromatic carbocycles. The molecule has 1 unspecified atom stereocenters. The van der Waals surface area contributed by atoms with E-state index in [2.05, 4.69) is 0 Å². The van der Waals surface area contributed by atoms with E-state index in [1.807, 2.05) is 0 Å². The second-order valence-electron chi connectivity index (χ2n) is 3.35. The second-order valence-corrected chi connectivity index (χ2v) is 5.34. The van der Waals surface area contributed by atoms with Crippen LogP contribution < -0.4 is 5.73 Å². The summed E-state index contributed by atoms with van der Waals surface area (Å²) >= 11 is 0. The molecule has 0 radical (unpaired) electrons. The Hall–Kier alpha value is -0.130. The molecular weight excluding hydrogens is 176 g/mol. The summed E-state index contributed by atoms with van der Waals surface area (Å²) in [6.07, 6.45) is 3.86. The number of hydrogen-bond donors (Lipinski definition) is 1. The van der Waals surface area contributed by atoms with E-state index in [1.54, 1.807) is 0 Å². The van der Waals surface area contributed by atoms with Crippen LogP contribution in [0.4, 0.5) is 0 Å². The molecule has 0 aliphatic carbocycles. The first-order valence-corrected chi connectivity index (χ1v) is 6.05. The highest BCUT2D eigenvalue weighted by atomic mass is 32.2. The van der Waals surface area contributed by atoms with Gasteiger partial charge in [-0.1, -0.05) is 0 Å². The van der Waals surface area contributed by atoms with Gasteiger partial charge in [0.05, 0.1) is 6.26 Å². The van der Waals surface area contributed by atoms with Crippen LogP contribution in [0, 0.1) is 0 Å². The average molecular weight is 192 g/mol. The van der Waals surface area contributed by atoms with Crippen molar-refractivity contribution in [1.82, 2.24) is 4.31 Å². The molecule has 12 heavy (non-hydrogen) atoms. The van der Waals surface area contributed by atoms with Gasteiger partial charge >= 0.3 is 0 Å². The Morgan fingerprint density at radius 1 is 1.33 bits per heavy atom. The van der Waals surface area contributed by atoms with Gasteiger partial charge in [0, 0.05) is 19.1 Å². The van der Waals surface area contributed by atoms with Crippen LogP contribution in [-0.2, 0) is 10.0 Å². The average Bonchev–Trinajstić information content (AvgIpc) is 2.11. The van der Waals surface area contributed by atoms with Crippen LogP contribution in [0.25, 0.3) is 0 Å². The number of sulfonamides is 1. The Balaban J connectivity index is 2.58. The lowest BCUT2D eigenvalue weighted by Crippen LogP contribution is -2.31. The van der Waals surface area contributed by atoms with Gasteiger partial charge in [0.1, 0.15) is 0 Å². The minimum absolute atomic E-state index is 0.178. The molecule has 1 saturated heterocycles. The van der Waals surface area contributed by atoms with E-state index in [0.29, 0.717) is 13.1 Å². The van der Waals surface area contributed by atoms with Crippen molar-refractivity contribution >= 4 is 10.0 Å². The highest BCUT2D eigenvalue weighted by Gasteiger charge is 2.20. The third-order valence-corrected chi connectivity index (χ3v) is 3.50. The highest BCUT2D eigenvalue weighted by Crippen LogP contribution is 2.11. The molecule has 0 aromatic rings. The molecule has 4 nitrogen and oxygen atoms in total. The van der Waals surface area contributed by atoms with Crippen molar-refractivity contribution in [3.8, 4) is 0 Å². The van der Waals surface area contributed by atoms with Crippen molar-refractivity contribution in [3.05, 3.63) is 0 Å². The lowest BCUT2D eigenvalue weighted by atomic mass is 10.1. The van der Waals surface area contributed by atoms with Gasteiger partial charge in [-0.05, 0) is 19.3 Å². The number of rotatable bonds is 1. The molecular formula is C7H16N2O2S. The van der Waals surface area contributed by atoms with E-state index in [0.717, 1.165) is 19.3 Å². The summed E-state index contributed by atoms with van der Waals surface area (Å²) in [6.45, 7) is 1.21. The standard InChI is InChI=1S/C7H16N2O2S/c1-12(10,11)9-5-2-3-7(8)4-6-9/h7H,2-6,8H2,1H3. The maximum absolute atomic E-state index is 11.1. The van der Waals surface area contributed by atoms with Crippen molar-refractivity contribution in [2.24, 2.45) is 5.73 Å². The Morgan fingerprint density at radius 2 is 2.00 bits per heavy atom. The zero-order valence-corrected chi connectivity index (χ0v) is 8.18. The molecule has 72 valence electrons. The maximum atomic E-state index is 11.1. The first-order chi connectivity index (χ1) is 5.50. The van der Waals surface area contributed by atoms with Gasteiger partial charge in [-0.25, -0.2) is 12.7 Å². The van der Waals surface area contributed by atoms with Crippen molar-refractivity contribution < 1.29 is 8.42 Å². The van der Waals surface area contributed by atoms with E-state index in [1.165, 1.54) is 10.6 Å². The van der Waals surface area contributed by atoms with Gasteiger partial charge in [0.25, 0.3) is 0 Å². The smallest absolute Gasteiger partial charge is 0.211 e. The summed E-state index contributed by atoms with van der Waals surface area (Å²) in [5.41, 5.74) is 5.72. The van der Waals surface area contributed by atoms with E-state index < -0.39 is 10.0 Å². The van der Waals surface area contributed by atoms with Crippen molar-refractivity contribution in [1.29, 1.82) is 0 Å². The van der Waals surface area contributed by atoms with Crippen LogP contribution in [-0.4, -0.2) is 38.1 Å². The molecule has 5 heteroatoms. The van der Waals surface area contributed by atoms with Crippen molar-refractivity contribution in [2.75, 3.05) is 19.3 Å². The van der Waals surface area contributed by atoms with E-state index in [9.17, 15) is 8.42 Å². The maximum Gasteiger partial charge on any atom is 0.211 e. The Bertz CT molecular complexity index is 238. The zero-order chi connectivity index (χ0) is 9.19. The summed E-state index contributed by atoms with van der Waals surface area (Å²) in [4.78, 5) is 0. The van der Waals surface area contributed by atoms with E-state index in [-0.39, 0.29) is 6.04 Å². The second kappa shape index (κ2) is 3.72. The van der Waals surface area contributed by atoms with Crippen LogP contribution in [0.1, 0.15) is 19.3 Å². The monoisotopic (exact) mass is 192 g/mol. The van der Waals surface area contributed by atoms with Gasteiger partial charge in [-0.3, -0.25) is 0 Å². The lowest BCUT2D eigenvalue weighted by molar-refractivity contribution is 0.426. The SMILES string of the molecule is CS(=O)(=O)N1CCCC(N)CC1. The van der Waals surface area contributed by atoms with Gasteiger partial charge in [0.15, 0.2) is 0 Å². The van der Waals surface area contributed by atoms with E-state index in [4.69, 9.17) is 5.73 Å². The molecule has 0 saturated carbocycles. The summed E-state index contributed by atoms with van der Waals surface area (Å²) in [7, 11) is -2.99. The predicted octanol–water partition coefficient (Wildman–Crippen LogP) is -0.241. The fourth-order valence-electron chi connectivity index (χ4n) is 1.43. The Kier molecular flexibility index (Phi) is 3.09. The number of nitrogens with zero attached hydrogens (tertiary/aromatic N) is 1. The van der Waals surface area contributed by atoms with Crippen molar-refractivity contribution in [3.63, 3.8) is 0 Å². The number of hydrogen-bond acceptors (Lipinski definition) is 3. The topological polar surface area (TPSA) is 63.4 Å². The van der Waals surface area contributed by atoms with Crippen LogP contribution in [0.5, 0.6) is 0 Å². The minimum Gasteiger partial charge on any atom is -0.328 e. The third kappa shape index (κ3) is 2.73. The summed E-state index contributed by atoms with van der Waals surface area (Å²) < 4.78 is 23.8. The van der Waals surface area contributed by atoms with E-state index >= 15 is 0 Å². The van der Waals surface area contributed by atoms with Gasteiger partial charge in [-0.2, -0.15) is 0 Å². The van der Waals surface area contributed by atoms with Crippen LogP contribution in [0.15, 0.2) is 0 Å². The normalized spacial score (nSPS) is 28.3. The lowest BCUT2D eigenvalue weighted by Gasteiger charge is -2.16. The zero-order valence-electron chi connectivity index (χ0n) is 7.36. The predicted molar refractivity (Wildman–Crippen MR) is 48.2 cm³/mol. The van der Waals surface area contributed by atoms with Crippen molar-refractivity contribution in [2.45, 2.75) is 25.3 Å². The Labute approximate surface area is 73.8 Å². The molecule has 1 rings (SSSR count). The molecule has 1 heterocycles. The fraction of sp³-hybridized carbons (Fsp3) is 1.00. The summed E-state index contributed by atoms with van der Waals surface area (Å²) in [5.74, 6) is 0. The van der Waals surface area contributed by atoms with Crippen LogP contribution >= 0.6 is 0 Å². The summed E-state index contributed by atoms with van der Waals surface area (Å²) in [5, 5.41) is 0. The molecule has 0 spiro atoms. The van der Waals surface area contributed by atoms with Gasteiger partial charge < -0.3 is 5.73 Å². The molecule has 0 amide bonds. The van der Waals surface area contributed by atoms with Crippen LogP contribution in [0.2, 0.25) is 0 Å². The summed E-state index contributed by atoms with van der Waals surface area (Å²) in [6, 6.07) is 0.178. The van der Waals surface area contributed by atoms with Crippen LogP contribution in [0.3, 0.4) is 0 Å². The molecule has 2 N–H and O–H groups in total. The molecule has 1 atom stereocenters. The first kappa shape index (κ1) is 9.95. The number of nitrogens with two attached hydrogens (primary N) is 1. The molecule has 0 aromatic heterocycles. The Morgan fingerprint density at radius 3 is 2.58 bits per heavy atom. The molecule has 0 bridgehead atoms. The fourth-order valence-corrected chi connectivity index (χ4v) is 2.33. The third-order valence-electron chi connectivity index (χ3n) is 2.20. The minimum atomic E-state index is -2.99. The molecule has 1 aliphatic heterocycles. The quantitative estimate of drug-likeness (QED) is 0.623. The molecule has 1 fully saturated rings. The van der Waals surface area contributed by atoms with Gasteiger partial charge in [-0.15, -0.1) is 0 Å². The first-order valence-electron chi connectivity index (χ1n) is 4.21. The van der Waals surface area contributed by atoms with Gasteiger partial charge in [0.2, 0.25) is 10.0 Å². The largest absolute Gasteiger partial charge is 0.328 e.